The van der Waals surface area contributed by atoms with Crippen LogP contribution in [0.3, 0.4) is 0 Å². The summed E-state index contributed by atoms with van der Waals surface area (Å²) in [6.07, 6.45) is 3.14. The lowest BCUT2D eigenvalue weighted by atomic mass is 9.98. The largest absolute Gasteiger partial charge is 0.593 e. The Morgan fingerprint density at radius 2 is 1.93 bits per heavy atom. The first kappa shape index (κ1) is 22.4. The number of rotatable bonds is 7. The monoisotopic (exact) mass is 452 g/mol. The van der Waals surface area contributed by atoms with Crippen LogP contribution in [0.1, 0.15) is 31.7 Å². The van der Waals surface area contributed by atoms with Crippen molar-refractivity contribution in [2.75, 3.05) is 13.1 Å². The van der Waals surface area contributed by atoms with Gasteiger partial charge in [0.25, 0.3) is 0 Å². The molecule has 29 heavy (non-hydrogen) atoms. The summed E-state index contributed by atoms with van der Waals surface area (Å²) in [6, 6.07) is 14.0. The Balaban J connectivity index is 1.73. The summed E-state index contributed by atoms with van der Waals surface area (Å²) in [5.41, 5.74) is 0.981. The molecule has 2 aromatic rings. The molecule has 1 amide bonds. The fraction of sp³-hybridized carbons (Fsp3) is 0.409. The Morgan fingerprint density at radius 1 is 1.21 bits per heavy atom. The first-order valence-corrected chi connectivity index (χ1v) is 11.8. The van der Waals surface area contributed by atoms with Gasteiger partial charge >= 0.3 is 0 Å². The van der Waals surface area contributed by atoms with E-state index >= 15 is 0 Å². The zero-order chi connectivity index (χ0) is 20.8. The maximum absolute atomic E-state index is 13.2. The van der Waals surface area contributed by atoms with Crippen molar-refractivity contribution < 1.29 is 9.35 Å². The molecular formula is C22H26Cl2N2O2S. The molecule has 2 atom stereocenters. The van der Waals surface area contributed by atoms with Gasteiger partial charge in [-0.3, -0.25) is 4.79 Å². The normalized spacial score (nSPS) is 17.2. The predicted octanol–water partition coefficient (Wildman–Crippen LogP) is 4.87. The van der Waals surface area contributed by atoms with E-state index in [-0.39, 0.29) is 5.91 Å². The molecule has 2 aromatic carbocycles. The highest BCUT2D eigenvalue weighted by Crippen LogP contribution is 2.22. The molecule has 3 rings (SSSR count). The average Bonchev–Trinajstić information content (AvgIpc) is 2.72. The minimum atomic E-state index is -1.53. The lowest BCUT2D eigenvalue weighted by Crippen LogP contribution is -2.50. The molecule has 0 radical (unpaired) electrons. The number of aryl methyl sites for hydroxylation is 1. The van der Waals surface area contributed by atoms with Crippen LogP contribution in [0.25, 0.3) is 0 Å². The van der Waals surface area contributed by atoms with Crippen LogP contribution in [0.15, 0.2) is 53.4 Å². The molecular weight excluding hydrogens is 427 g/mol. The quantitative estimate of drug-likeness (QED) is 0.609. The van der Waals surface area contributed by atoms with Crippen molar-refractivity contribution in [2.45, 2.75) is 43.5 Å². The molecule has 0 aliphatic carbocycles. The van der Waals surface area contributed by atoms with E-state index in [4.69, 9.17) is 23.2 Å². The second-order valence-electron chi connectivity index (χ2n) is 7.53. The second-order valence-corrected chi connectivity index (χ2v) is 9.62. The Bertz CT molecular complexity index is 828. The first-order chi connectivity index (χ1) is 13.9. The molecule has 1 aliphatic rings. The number of nitrogens with zero attached hydrogens (tertiary/aromatic N) is 1. The van der Waals surface area contributed by atoms with Gasteiger partial charge in [0.1, 0.15) is 6.04 Å². The van der Waals surface area contributed by atoms with E-state index in [1.165, 1.54) is 0 Å². The van der Waals surface area contributed by atoms with Gasteiger partial charge in [-0.1, -0.05) is 54.4 Å². The summed E-state index contributed by atoms with van der Waals surface area (Å²) < 4.78 is 15.9. The molecule has 156 valence electrons. The summed E-state index contributed by atoms with van der Waals surface area (Å²) in [6.45, 7) is 3.70. The first-order valence-electron chi connectivity index (χ1n) is 9.89. The van der Waals surface area contributed by atoms with Crippen LogP contribution in [-0.2, 0) is 22.6 Å². The lowest BCUT2D eigenvalue weighted by molar-refractivity contribution is -0.134. The molecule has 1 fully saturated rings. The Labute approximate surface area is 185 Å². The van der Waals surface area contributed by atoms with Gasteiger partial charge in [-0.15, -0.1) is 4.72 Å². The van der Waals surface area contributed by atoms with Gasteiger partial charge in [0.15, 0.2) is 4.90 Å². The number of carbonyl (C=O) groups excluding carboxylic acids is 1. The molecule has 4 nitrogen and oxygen atoms in total. The SMILES string of the molecule is CC1CCN(C(=O)C(CCc2ccccc2Cl)N[S@+]([O-])c2cccc(Cl)c2)CC1. The minimum absolute atomic E-state index is 0.000619. The van der Waals surface area contributed by atoms with E-state index in [2.05, 4.69) is 11.6 Å². The highest BCUT2D eigenvalue weighted by atomic mass is 35.5. The van der Waals surface area contributed by atoms with Crippen LogP contribution in [0.4, 0.5) is 0 Å². The molecule has 1 heterocycles. The van der Waals surface area contributed by atoms with E-state index in [0.29, 0.717) is 33.7 Å². The highest BCUT2D eigenvalue weighted by molar-refractivity contribution is 7.89. The van der Waals surface area contributed by atoms with E-state index in [1.807, 2.05) is 29.2 Å². The molecule has 7 heteroatoms. The topological polar surface area (TPSA) is 55.4 Å². The van der Waals surface area contributed by atoms with Crippen molar-refractivity contribution in [3.05, 3.63) is 64.1 Å². The van der Waals surface area contributed by atoms with Crippen molar-refractivity contribution in [1.82, 2.24) is 9.62 Å². The maximum Gasteiger partial charge on any atom is 0.244 e. The van der Waals surface area contributed by atoms with E-state index in [0.717, 1.165) is 31.5 Å². The lowest BCUT2D eigenvalue weighted by Gasteiger charge is -2.33. The maximum atomic E-state index is 13.2. The van der Waals surface area contributed by atoms with Gasteiger partial charge in [-0.25, -0.2) is 0 Å². The summed E-state index contributed by atoms with van der Waals surface area (Å²) in [7, 11) is 0. The minimum Gasteiger partial charge on any atom is -0.593 e. The van der Waals surface area contributed by atoms with Crippen molar-refractivity contribution in [3.63, 3.8) is 0 Å². The van der Waals surface area contributed by atoms with Gasteiger partial charge in [-0.2, -0.15) is 0 Å². The Morgan fingerprint density at radius 3 is 2.62 bits per heavy atom. The third-order valence-electron chi connectivity index (χ3n) is 5.31. The highest BCUT2D eigenvalue weighted by Gasteiger charge is 2.31. The van der Waals surface area contributed by atoms with Crippen molar-refractivity contribution in [1.29, 1.82) is 0 Å². The van der Waals surface area contributed by atoms with Crippen molar-refractivity contribution in [2.24, 2.45) is 5.92 Å². The molecule has 0 aromatic heterocycles. The van der Waals surface area contributed by atoms with Crippen molar-refractivity contribution >= 4 is 40.5 Å². The predicted molar refractivity (Wildman–Crippen MR) is 120 cm³/mol. The number of carbonyl (C=O) groups is 1. The second kappa shape index (κ2) is 10.7. The average molecular weight is 453 g/mol. The molecule has 1 N–H and O–H groups in total. The zero-order valence-electron chi connectivity index (χ0n) is 16.4. The smallest absolute Gasteiger partial charge is 0.244 e. The van der Waals surface area contributed by atoms with E-state index in [9.17, 15) is 9.35 Å². The molecule has 0 spiro atoms. The molecule has 1 unspecified atom stereocenters. The summed E-state index contributed by atoms with van der Waals surface area (Å²) in [5.74, 6) is 0.633. The van der Waals surface area contributed by atoms with E-state index < -0.39 is 17.4 Å². The Hall–Kier alpha value is -1.24. The van der Waals surface area contributed by atoms with Gasteiger partial charge in [0.2, 0.25) is 5.91 Å². The van der Waals surface area contributed by atoms with Crippen LogP contribution in [0.5, 0.6) is 0 Å². The molecule has 1 aliphatic heterocycles. The van der Waals surface area contributed by atoms with Gasteiger partial charge < -0.3 is 9.45 Å². The number of nitrogens with one attached hydrogen (secondary N) is 1. The summed E-state index contributed by atoms with van der Waals surface area (Å²) in [4.78, 5) is 15.7. The van der Waals surface area contributed by atoms with E-state index in [1.54, 1.807) is 24.3 Å². The summed E-state index contributed by atoms with van der Waals surface area (Å²) >= 11 is 10.8. The number of hydrogen-bond acceptors (Lipinski definition) is 3. The molecule has 0 bridgehead atoms. The van der Waals surface area contributed by atoms with Crippen LogP contribution < -0.4 is 4.72 Å². The number of amides is 1. The number of hydrogen-bond donors (Lipinski definition) is 1. The van der Waals surface area contributed by atoms with Crippen LogP contribution in [0, 0.1) is 5.92 Å². The third kappa shape index (κ3) is 6.37. The number of piperidine rings is 1. The zero-order valence-corrected chi connectivity index (χ0v) is 18.8. The Kier molecular flexibility index (Phi) is 8.27. The van der Waals surface area contributed by atoms with Crippen LogP contribution in [0.2, 0.25) is 10.0 Å². The standard InChI is InChI=1S/C22H26Cl2N2O2S/c1-16-11-13-26(14-12-16)22(27)21(10-9-17-5-2-3-8-20(17)24)25-29(28)19-7-4-6-18(23)15-19/h2-8,15-16,21,25H,9-14H2,1H3/t21?,29-/m1/s1. The number of halogens is 2. The van der Waals surface area contributed by atoms with Crippen LogP contribution >= 0.6 is 23.2 Å². The third-order valence-corrected chi connectivity index (χ3v) is 7.10. The van der Waals surface area contributed by atoms with Gasteiger partial charge in [0, 0.05) is 29.2 Å². The number of benzene rings is 2. The molecule has 1 saturated heterocycles. The number of likely N-dealkylation sites (tertiary alicyclic amines) is 1. The van der Waals surface area contributed by atoms with Crippen LogP contribution in [-0.4, -0.2) is 34.5 Å². The summed E-state index contributed by atoms with van der Waals surface area (Å²) in [5, 5.41) is 1.20. The fourth-order valence-electron chi connectivity index (χ4n) is 3.46. The van der Waals surface area contributed by atoms with Crippen molar-refractivity contribution in [3.8, 4) is 0 Å². The fourth-order valence-corrected chi connectivity index (χ4v) is 5.00. The van der Waals surface area contributed by atoms with Gasteiger partial charge in [-0.05, 0) is 55.4 Å². The van der Waals surface area contributed by atoms with Gasteiger partial charge in [0.05, 0.1) is 11.4 Å². The molecule has 0 saturated carbocycles.